The van der Waals surface area contributed by atoms with Crippen LogP contribution in [0.1, 0.15) is 12.5 Å². The maximum atomic E-state index is 12.2. The largest absolute Gasteiger partial charge is 0.350 e. The van der Waals surface area contributed by atoms with Crippen molar-refractivity contribution >= 4 is 52.3 Å². The number of hydrogen-bond acceptors (Lipinski definition) is 2. The van der Waals surface area contributed by atoms with Crippen LogP contribution < -0.4 is 10.2 Å². The number of nitrogens with zero attached hydrogens (tertiary/aromatic N) is 1. The molecule has 0 heterocycles. The molecule has 0 aliphatic heterocycles. The molecule has 2 aromatic rings. The fourth-order valence-electron chi connectivity index (χ4n) is 2.09. The third-order valence-corrected chi connectivity index (χ3v) is 4.24. The van der Waals surface area contributed by atoms with E-state index in [0.717, 1.165) is 5.56 Å². The van der Waals surface area contributed by atoms with E-state index in [0.29, 0.717) is 20.8 Å². The van der Waals surface area contributed by atoms with Gasteiger partial charge in [0, 0.05) is 23.5 Å². The summed E-state index contributed by atoms with van der Waals surface area (Å²) in [5, 5.41) is 4.07. The third kappa shape index (κ3) is 4.87. The van der Waals surface area contributed by atoms with E-state index in [1.165, 1.54) is 11.8 Å². The average molecular weight is 386 g/mol. The summed E-state index contributed by atoms with van der Waals surface area (Å²) in [6, 6.07) is 12.0. The molecular formula is C17H15Cl3N2O2. The van der Waals surface area contributed by atoms with Gasteiger partial charge in [-0.1, -0.05) is 53.0 Å². The van der Waals surface area contributed by atoms with Gasteiger partial charge in [-0.05, 0) is 29.8 Å². The van der Waals surface area contributed by atoms with Crippen molar-refractivity contribution in [3.8, 4) is 0 Å². The van der Waals surface area contributed by atoms with Gasteiger partial charge in [0.05, 0.1) is 10.7 Å². The number of rotatable bonds is 5. The monoisotopic (exact) mass is 384 g/mol. The van der Waals surface area contributed by atoms with Crippen molar-refractivity contribution in [2.45, 2.75) is 13.5 Å². The van der Waals surface area contributed by atoms with Gasteiger partial charge in [0.1, 0.15) is 6.54 Å². The van der Waals surface area contributed by atoms with Gasteiger partial charge in [-0.15, -0.1) is 0 Å². The second-order valence-corrected chi connectivity index (χ2v) is 6.32. The minimum Gasteiger partial charge on any atom is -0.350 e. The molecule has 0 fully saturated rings. The number of benzene rings is 2. The molecule has 0 aromatic heterocycles. The highest BCUT2D eigenvalue weighted by atomic mass is 35.5. The van der Waals surface area contributed by atoms with Gasteiger partial charge in [0.2, 0.25) is 11.8 Å². The van der Waals surface area contributed by atoms with E-state index < -0.39 is 0 Å². The van der Waals surface area contributed by atoms with Crippen molar-refractivity contribution in [1.29, 1.82) is 0 Å². The predicted molar refractivity (Wildman–Crippen MR) is 97.8 cm³/mol. The quantitative estimate of drug-likeness (QED) is 0.833. The molecule has 2 rings (SSSR count). The average Bonchev–Trinajstić information content (AvgIpc) is 2.54. The molecule has 7 heteroatoms. The summed E-state index contributed by atoms with van der Waals surface area (Å²) in [7, 11) is 0. The highest BCUT2D eigenvalue weighted by Gasteiger charge is 2.18. The Labute approximate surface area is 155 Å². The van der Waals surface area contributed by atoms with Gasteiger partial charge in [0.15, 0.2) is 0 Å². The standard InChI is InChI=1S/C17H15Cl3N2O2/c1-11(23)22(16-8-13(18)6-7-15(16)20)10-17(24)21-9-12-4-2-3-5-14(12)19/h2-8H,9-10H2,1H3,(H,21,24). The Balaban J connectivity index is 2.08. The van der Waals surface area contributed by atoms with Crippen molar-refractivity contribution in [2.75, 3.05) is 11.4 Å². The first-order valence-corrected chi connectivity index (χ1v) is 8.25. The molecule has 0 bridgehead atoms. The zero-order chi connectivity index (χ0) is 17.7. The topological polar surface area (TPSA) is 49.4 Å². The summed E-state index contributed by atoms with van der Waals surface area (Å²) in [4.78, 5) is 25.4. The molecule has 1 N–H and O–H groups in total. The van der Waals surface area contributed by atoms with E-state index in [1.807, 2.05) is 18.2 Å². The first kappa shape index (κ1) is 18.6. The summed E-state index contributed by atoms with van der Waals surface area (Å²) in [5.74, 6) is -0.645. The number of halogens is 3. The Morgan fingerprint density at radius 3 is 2.42 bits per heavy atom. The fraction of sp³-hybridized carbons (Fsp3) is 0.176. The normalized spacial score (nSPS) is 10.3. The van der Waals surface area contributed by atoms with Crippen LogP contribution >= 0.6 is 34.8 Å². The Bertz CT molecular complexity index is 765. The number of anilines is 1. The molecule has 24 heavy (non-hydrogen) atoms. The Kier molecular flexibility index (Phi) is 6.49. The van der Waals surface area contributed by atoms with Crippen LogP contribution in [0.3, 0.4) is 0 Å². The second kappa shape index (κ2) is 8.38. The molecule has 2 amide bonds. The van der Waals surface area contributed by atoms with E-state index in [9.17, 15) is 9.59 Å². The Morgan fingerprint density at radius 1 is 1.04 bits per heavy atom. The number of amides is 2. The van der Waals surface area contributed by atoms with Crippen molar-refractivity contribution in [3.63, 3.8) is 0 Å². The van der Waals surface area contributed by atoms with Crippen LogP contribution in [0, 0.1) is 0 Å². The summed E-state index contributed by atoms with van der Waals surface area (Å²) >= 11 is 18.1. The molecule has 4 nitrogen and oxygen atoms in total. The molecule has 0 radical (unpaired) electrons. The zero-order valence-corrected chi connectivity index (χ0v) is 15.1. The SMILES string of the molecule is CC(=O)N(CC(=O)NCc1ccccc1Cl)c1cc(Cl)ccc1Cl. The zero-order valence-electron chi connectivity index (χ0n) is 12.9. The highest BCUT2D eigenvalue weighted by molar-refractivity contribution is 6.36. The fourth-order valence-corrected chi connectivity index (χ4v) is 2.68. The van der Waals surface area contributed by atoms with Crippen LogP contribution in [0.2, 0.25) is 15.1 Å². The molecule has 0 atom stereocenters. The lowest BCUT2D eigenvalue weighted by Crippen LogP contribution is -2.39. The lowest BCUT2D eigenvalue weighted by atomic mass is 10.2. The number of hydrogen-bond donors (Lipinski definition) is 1. The van der Waals surface area contributed by atoms with Gasteiger partial charge >= 0.3 is 0 Å². The van der Waals surface area contributed by atoms with Crippen LogP contribution in [0.25, 0.3) is 0 Å². The maximum Gasteiger partial charge on any atom is 0.240 e. The summed E-state index contributed by atoms with van der Waals surface area (Å²) in [6.07, 6.45) is 0. The van der Waals surface area contributed by atoms with Crippen molar-refractivity contribution in [3.05, 3.63) is 63.1 Å². The van der Waals surface area contributed by atoms with Gasteiger partial charge in [-0.2, -0.15) is 0 Å². The van der Waals surface area contributed by atoms with Crippen LogP contribution in [0.5, 0.6) is 0 Å². The first-order valence-electron chi connectivity index (χ1n) is 7.11. The van der Waals surface area contributed by atoms with Gasteiger partial charge in [-0.25, -0.2) is 0 Å². The molecule has 2 aromatic carbocycles. The maximum absolute atomic E-state index is 12.2. The summed E-state index contributed by atoms with van der Waals surface area (Å²) in [6.45, 7) is 1.46. The lowest BCUT2D eigenvalue weighted by Gasteiger charge is -2.22. The summed E-state index contributed by atoms with van der Waals surface area (Å²) in [5.41, 5.74) is 1.19. The van der Waals surface area contributed by atoms with Crippen molar-refractivity contribution in [2.24, 2.45) is 0 Å². The van der Waals surface area contributed by atoms with E-state index in [1.54, 1.807) is 24.3 Å². The van der Waals surface area contributed by atoms with Crippen molar-refractivity contribution < 1.29 is 9.59 Å². The molecular weight excluding hydrogens is 371 g/mol. The minimum atomic E-state index is -0.332. The van der Waals surface area contributed by atoms with E-state index in [2.05, 4.69) is 5.32 Å². The van der Waals surface area contributed by atoms with Crippen molar-refractivity contribution in [1.82, 2.24) is 5.32 Å². The second-order valence-electron chi connectivity index (χ2n) is 5.07. The molecule has 0 saturated heterocycles. The van der Waals surface area contributed by atoms with E-state index in [-0.39, 0.29) is 24.9 Å². The van der Waals surface area contributed by atoms with Crippen LogP contribution in [0.4, 0.5) is 5.69 Å². The van der Waals surface area contributed by atoms with Gasteiger partial charge < -0.3 is 10.2 Å². The number of carbonyl (C=O) groups is 2. The van der Waals surface area contributed by atoms with E-state index >= 15 is 0 Å². The van der Waals surface area contributed by atoms with Gasteiger partial charge in [-0.3, -0.25) is 9.59 Å². The van der Waals surface area contributed by atoms with Crippen LogP contribution in [-0.4, -0.2) is 18.4 Å². The predicted octanol–water partition coefficient (Wildman–Crippen LogP) is 4.32. The van der Waals surface area contributed by atoms with Crippen LogP contribution in [0.15, 0.2) is 42.5 Å². The molecule has 0 aliphatic rings. The number of carbonyl (C=O) groups excluding carboxylic acids is 2. The molecule has 0 aliphatic carbocycles. The molecule has 0 saturated carbocycles. The Hall–Kier alpha value is -1.75. The molecule has 0 unspecified atom stereocenters. The molecule has 0 spiro atoms. The first-order chi connectivity index (χ1) is 11.4. The van der Waals surface area contributed by atoms with Crippen LogP contribution in [-0.2, 0) is 16.1 Å². The lowest BCUT2D eigenvalue weighted by molar-refractivity contribution is -0.123. The minimum absolute atomic E-state index is 0.167. The third-order valence-electron chi connectivity index (χ3n) is 3.31. The number of nitrogens with one attached hydrogen (secondary N) is 1. The molecule has 126 valence electrons. The van der Waals surface area contributed by atoms with E-state index in [4.69, 9.17) is 34.8 Å². The van der Waals surface area contributed by atoms with Gasteiger partial charge in [0.25, 0.3) is 0 Å². The Morgan fingerprint density at radius 2 is 1.75 bits per heavy atom. The smallest absolute Gasteiger partial charge is 0.240 e. The highest BCUT2D eigenvalue weighted by Crippen LogP contribution is 2.29. The summed E-state index contributed by atoms with van der Waals surface area (Å²) < 4.78 is 0.